The van der Waals surface area contributed by atoms with E-state index in [0.29, 0.717) is 5.16 Å². The molecule has 0 fully saturated rings. The van der Waals surface area contributed by atoms with Gasteiger partial charge in [-0.25, -0.2) is 9.97 Å². The molecule has 0 aliphatic rings. The van der Waals surface area contributed by atoms with E-state index >= 15 is 0 Å². The van der Waals surface area contributed by atoms with Gasteiger partial charge >= 0.3 is 0 Å². The molecule has 6 heteroatoms. The Bertz CT molecular complexity index is 678. The van der Waals surface area contributed by atoms with E-state index in [1.165, 1.54) is 23.9 Å². The maximum Gasteiger partial charge on any atom is 0.188 e. The number of aryl methyl sites for hydroxylation is 2. The minimum Gasteiger partial charge on any atom is -0.508 e. The van der Waals surface area contributed by atoms with E-state index in [1.54, 1.807) is 0 Å². The highest BCUT2D eigenvalue weighted by Crippen LogP contribution is 2.25. The zero-order chi connectivity index (χ0) is 15.6. The number of aromatic nitrogens is 2. The molecule has 110 valence electrons. The predicted octanol–water partition coefficient (Wildman–Crippen LogP) is 2.79. The smallest absolute Gasteiger partial charge is 0.188 e. The molecule has 0 saturated carbocycles. The second-order valence-corrected chi connectivity index (χ2v) is 5.66. The number of carbonyl (C=O) groups is 1. The first-order valence-corrected chi connectivity index (χ1v) is 7.37. The molecule has 0 aliphatic carbocycles. The van der Waals surface area contributed by atoms with Crippen LogP contribution in [0.5, 0.6) is 11.5 Å². The van der Waals surface area contributed by atoms with Crippen LogP contribution in [0.2, 0.25) is 0 Å². The van der Waals surface area contributed by atoms with Gasteiger partial charge in [0, 0.05) is 17.5 Å². The van der Waals surface area contributed by atoms with Crippen LogP contribution in [0, 0.1) is 20.8 Å². The molecular formula is C15H16N2O3S. The predicted molar refractivity (Wildman–Crippen MR) is 81.1 cm³/mol. The number of thioether (sulfide) groups is 1. The third-order valence-electron chi connectivity index (χ3n) is 3.23. The van der Waals surface area contributed by atoms with Crippen LogP contribution < -0.4 is 0 Å². The lowest BCUT2D eigenvalue weighted by atomic mass is 10.1. The van der Waals surface area contributed by atoms with Crippen molar-refractivity contribution in [3.63, 3.8) is 0 Å². The van der Waals surface area contributed by atoms with Crippen LogP contribution in [0.4, 0.5) is 0 Å². The fraction of sp³-hybridized carbons (Fsp3) is 0.267. The van der Waals surface area contributed by atoms with Crippen molar-refractivity contribution in [2.75, 3.05) is 5.75 Å². The van der Waals surface area contributed by atoms with E-state index in [0.717, 1.165) is 23.0 Å². The summed E-state index contributed by atoms with van der Waals surface area (Å²) < 4.78 is 0. The second-order valence-electron chi connectivity index (χ2n) is 4.72. The molecular weight excluding hydrogens is 288 g/mol. The number of aromatic hydroxyl groups is 2. The van der Waals surface area contributed by atoms with Gasteiger partial charge in [0.05, 0.1) is 11.3 Å². The summed E-state index contributed by atoms with van der Waals surface area (Å²) >= 11 is 1.23. The highest BCUT2D eigenvalue weighted by atomic mass is 32.2. The lowest BCUT2D eigenvalue weighted by Gasteiger charge is -2.07. The Labute approximate surface area is 127 Å². The zero-order valence-electron chi connectivity index (χ0n) is 12.0. The third kappa shape index (κ3) is 3.52. The molecule has 2 aromatic rings. The summed E-state index contributed by atoms with van der Waals surface area (Å²) in [6.45, 7) is 5.77. The van der Waals surface area contributed by atoms with Gasteiger partial charge in [-0.05, 0) is 38.5 Å². The number of carbonyl (C=O) groups excluding carboxylic acids is 1. The lowest BCUT2D eigenvalue weighted by molar-refractivity contribution is 0.102. The summed E-state index contributed by atoms with van der Waals surface area (Å²) in [5.74, 6) is -0.417. The first kappa shape index (κ1) is 15.3. The molecule has 21 heavy (non-hydrogen) atoms. The van der Waals surface area contributed by atoms with Crippen LogP contribution in [0.1, 0.15) is 27.3 Å². The first-order chi connectivity index (χ1) is 9.88. The molecule has 0 unspecified atom stereocenters. The Balaban J connectivity index is 2.11. The van der Waals surface area contributed by atoms with Crippen molar-refractivity contribution in [1.82, 2.24) is 9.97 Å². The highest BCUT2D eigenvalue weighted by molar-refractivity contribution is 7.99. The minimum absolute atomic E-state index is 0.0789. The zero-order valence-corrected chi connectivity index (χ0v) is 12.9. The van der Waals surface area contributed by atoms with Crippen LogP contribution >= 0.6 is 11.8 Å². The molecule has 0 bridgehead atoms. The summed E-state index contributed by atoms with van der Waals surface area (Å²) in [4.78, 5) is 20.7. The summed E-state index contributed by atoms with van der Waals surface area (Å²) in [5.41, 5.74) is 3.01. The van der Waals surface area contributed by atoms with E-state index in [1.807, 2.05) is 20.8 Å². The number of phenolic OH excluding ortho intramolecular Hbond substituents is 2. The topological polar surface area (TPSA) is 83.3 Å². The van der Waals surface area contributed by atoms with E-state index in [4.69, 9.17) is 0 Å². The maximum atomic E-state index is 12.1. The Morgan fingerprint density at radius 2 is 1.76 bits per heavy atom. The van der Waals surface area contributed by atoms with E-state index in [9.17, 15) is 15.0 Å². The van der Waals surface area contributed by atoms with Crippen molar-refractivity contribution < 1.29 is 15.0 Å². The van der Waals surface area contributed by atoms with Crippen LogP contribution in [0.3, 0.4) is 0 Å². The van der Waals surface area contributed by atoms with Crippen molar-refractivity contribution in [2.45, 2.75) is 25.9 Å². The molecule has 2 rings (SSSR count). The van der Waals surface area contributed by atoms with Gasteiger partial charge in [0.25, 0.3) is 0 Å². The Kier molecular flexibility index (Phi) is 4.47. The number of hydrogen-bond acceptors (Lipinski definition) is 6. The second kappa shape index (κ2) is 6.13. The van der Waals surface area contributed by atoms with Crippen LogP contribution in [0.15, 0.2) is 23.4 Å². The van der Waals surface area contributed by atoms with Crippen molar-refractivity contribution in [1.29, 1.82) is 0 Å². The maximum absolute atomic E-state index is 12.1. The van der Waals surface area contributed by atoms with Crippen molar-refractivity contribution >= 4 is 17.5 Å². The molecule has 2 N–H and O–H groups in total. The normalized spacial score (nSPS) is 10.6. The number of benzene rings is 1. The summed E-state index contributed by atoms with van der Waals surface area (Å²) in [6, 6.07) is 3.92. The molecule has 0 aliphatic heterocycles. The van der Waals surface area contributed by atoms with Crippen LogP contribution in [-0.4, -0.2) is 31.7 Å². The minimum atomic E-state index is -0.239. The number of hydrogen-bond donors (Lipinski definition) is 2. The van der Waals surface area contributed by atoms with Gasteiger partial charge in [-0.1, -0.05) is 11.8 Å². The number of rotatable bonds is 4. The largest absolute Gasteiger partial charge is 0.508 e. The summed E-state index contributed by atoms with van der Waals surface area (Å²) in [5, 5.41) is 19.4. The highest BCUT2D eigenvalue weighted by Gasteiger charge is 2.13. The summed E-state index contributed by atoms with van der Waals surface area (Å²) in [7, 11) is 0. The van der Waals surface area contributed by atoms with E-state index in [-0.39, 0.29) is 28.6 Å². The summed E-state index contributed by atoms with van der Waals surface area (Å²) in [6.07, 6.45) is 0. The van der Waals surface area contributed by atoms with E-state index in [2.05, 4.69) is 9.97 Å². The van der Waals surface area contributed by atoms with Gasteiger partial charge in [-0.15, -0.1) is 0 Å². The molecule has 1 aromatic carbocycles. The molecule has 1 aromatic heterocycles. The van der Waals surface area contributed by atoms with Gasteiger partial charge in [0.1, 0.15) is 11.5 Å². The first-order valence-electron chi connectivity index (χ1n) is 6.38. The van der Waals surface area contributed by atoms with Crippen molar-refractivity contribution in [3.8, 4) is 11.5 Å². The van der Waals surface area contributed by atoms with Gasteiger partial charge in [-0.2, -0.15) is 0 Å². The molecule has 0 atom stereocenters. The molecule has 0 amide bonds. The molecule has 0 saturated heterocycles. The average Bonchev–Trinajstić information content (AvgIpc) is 2.42. The fourth-order valence-corrected chi connectivity index (χ4v) is 2.59. The van der Waals surface area contributed by atoms with Crippen LogP contribution in [0.25, 0.3) is 0 Å². The van der Waals surface area contributed by atoms with Gasteiger partial charge in [0.2, 0.25) is 0 Å². The number of Topliss-reactive ketones (excluding diaryl/α,β-unsaturated/α-hetero) is 1. The van der Waals surface area contributed by atoms with Crippen molar-refractivity contribution in [3.05, 3.63) is 40.7 Å². The number of nitrogens with zero attached hydrogens (tertiary/aromatic N) is 2. The molecule has 0 spiro atoms. The average molecular weight is 304 g/mol. The van der Waals surface area contributed by atoms with Crippen molar-refractivity contribution in [2.24, 2.45) is 0 Å². The lowest BCUT2D eigenvalue weighted by Crippen LogP contribution is -2.05. The quantitative estimate of drug-likeness (QED) is 0.513. The number of phenols is 2. The molecule has 1 heterocycles. The van der Waals surface area contributed by atoms with Gasteiger partial charge in [-0.3, -0.25) is 4.79 Å². The fourth-order valence-electron chi connectivity index (χ4n) is 1.77. The SMILES string of the molecule is Cc1nc(SCC(=O)c2ccc(O)cc2O)nc(C)c1C. The molecule has 5 nitrogen and oxygen atoms in total. The monoisotopic (exact) mass is 304 g/mol. The Morgan fingerprint density at radius 1 is 1.14 bits per heavy atom. The Hall–Kier alpha value is -2.08. The van der Waals surface area contributed by atoms with Crippen LogP contribution in [-0.2, 0) is 0 Å². The number of ketones is 1. The van der Waals surface area contributed by atoms with Gasteiger partial charge < -0.3 is 10.2 Å². The van der Waals surface area contributed by atoms with Gasteiger partial charge in [0.15, 0.2) is 10.9 Å². The standard InChI is InChI=1S/C15H16N2O3S/c1-8-9(2)16-15(17-10(8)3)21-7-14(20)12-5-4-11(18)6-13(12)19/h4-6,18-19H,7H2,1-3H3. The molecule has 0 radical (unpaired) electrons. The van der Waals surface area contributed by atoms with E-state index < -0.39 is 0 Å². The third-order valence-corrected chi connectivity index (χ3v) is 4.07. The Morgan fingerprint density at radius 3 is 2.33 bits per heavy atom.